The standard InChI is InChI=1S/C29H32N3O4P/c1-3-35-37(34,4-2)36-22-23-15-18-26(19-16-23)31-28(33)20-17-25-21-30-32(27-13-9-6-10-14-27)29(25)24-11-7-5-8-12-24/h5-16,18-19,21H,3-4,17,20,22H2,1-2H3,(H,31,33). The van der Waals surface area contributed by atoms with Crippen molar-refractivity contribution in [2.75, 3.05) is 18.1 Å². The van der Waals surface area contributed by atoms with Crippen LogP contribution in [0.1, 0.15) is 31.4 Å². The van der Waals surface area contributed by atoms with Gasteiger partial charge < -0.3 is 14.4 Å². The molecule has 4 aromatic rings. The van der Waals surface area contributed by atoms with Crippen molar-refractivity contribution in [2.24, 2.45) is 0 Å². The second kappa shape index (κ2) is 12.6. The van der Waals surface area contributed by atoms with E-state index in [2.05, 4.69) is 22.5 Å². The molecular weight excluding hydrogens is 485 g/mol. The molecule has 4 rings (SSSR count). The smallest absolute Gasteiger partial charge is 0.326 e. The molecule has 0 bridgehead atoms. The lowest BCUT2D eigenvalue weighted by molar-refractivity contribution is -0.116. The zero-order valence-electron chi connectivity index (χ0n) is 21.2. The van der Waals surface area contributed by atoms with E-state index in [4.69, 9.17) is 9.05 Å². The van der Waals surface area contributed by atoms with E-state index in [1.54, 1.807) is 13.8 Å². The number of rotatable bonds is 12. The van der Waals surface area contributed by atoms with Gasteiger partial charge in [-0.15, -0.1) is 0 Å². The van der Waals surface area contributed by atoms with Gasteiger partial charge in [-0.05, 0) is 48.7 Å². The van der Waals surface area contributed by atoms with E-state index >= 15 is 0 Å². The molecule has 3 aromatic carbocycles. The molecule has 1 unspecified atom stereocenters. The van der Waals surface area contributed by atoms with Crippen LogP contribution >= 0.6 is 7.60 Å². The molecule has 0 spiro atoms. The Kier molecular flexibility index (Phi) is 9.07. The fourth-order valence-electron chi connectivity index (χ4n) is 3.98. The molecule has 8 heteroatoms. The molecule has 1 atom stereocenters. The Balaban J connectivity index is 1.39. The molecule has 1 N–H and O–H groups in total. The molecule has 0 radical (unpaired) electrons. The van der Waals surface area contributed by atoms with Gasteiger partial charge in [-0.2, -0.15) is 5.10 Å². The molecular formula is C29H32N3O4P. The molecule has 7 nitrogen and oxygen atoms in total. The van der Waals surface area contributed by atoms with E-state index in [1.165, 1.54) is 0 Å². The normalized spacial score (nSPS) is 12.7. The van der Waals surface area contributed by atoms with Gasteiger partial charge in [0.05, 0.1) is 30.8 Å². The second-order valence-corrected chi connectivity index (χ2v) is 10.9. The van der Waals surface area contributed by atoms with Crippen LogP contribution in [0.5, 0.6) is 0 Å². The van der Waals surface area contributed by atoms with Gasteiger partial charge in [-0.25, -0.2) is 4.68 Å². The largest absolute Gasteiger partial charge is 0.330 e. The minimum atomic E-state index is -3.06. The van der Waals surface area contributed by atoms with Gasteiger partial charge in [0, 0.05) is 23.8 Å². The van der Waals surface area contributed by atoms with E-state index < -0.39 is 7.60 Å². The highest BCUT2D eigenvalue weighted by molar-refractivity contribution is 7.53. The number of nitrogens with one attached hydrogen (secondary N) is 1. The quantitative estimate of drug-likeness (QED) is 0.207. The summed E-state index contributed by atoms with van der Waals surface area (Å²) in [5.74, 6) is -0.0812. The van der Waals surface area contributed by atoms with Crippen molar-refractivity contribution in [2.45, 2.75) is 33.3 Å². The third kappa shape index (κ3) is 7.04. The zero-order valence-corrected chi connectivity index (χ0v) is 22.1. The number of nitrogens with zero attached hydrogens (tertiary/aromatic N) is 2. The monoisotopic (exact) mass is 517 g/mol. The van der Waals surface area contributed by atoms with Gasteiger partial charge in [0.1, 0.15) is 0 Å². The molecule has 0 fully saturated rings. The summed E-state index contributed by atoms with van der Waals surface area (Å²) in [4.78, 5) is 12.7. The predicted octanol–water partition coefficient (Wildman–Crippen LogP) is 6.88. The summed E-state index contributed by atoms with van der Waals surface area (Å²) in [5.41, 5.74) is 5.56. The summed E-state index contributed by atoms with van der Waals surface area (Å²) in [7, 11) is -3.06. The Morgan fingerprint density at radius 2 is 1.59 bits per heavy atom. The highest BCUT2D eigenvalue weighted by atomic mass is 31.2. The molecule has 0 aliphatic carbocycles. The summed E-state index contributed by atoms with van der Waals surface area (Å²) in [6.45, 7) is 4.11. The number of aromatic nitrogens is 2. The fourth-order valence-corrected chi connectivity index (χ4v) is 5.16. The minimum absolute atomic E-state index is 0.0812. The van der Waals surface area contributed by atoms with Gasteiger partial charge >= 0.3 is 7.60 Å². The maximum atomic E-state index is 12.7. The van der Waals surface area contributed by atoms with E-state index in [9.17, 15) is 9.36 Å². The van der Waals surface area contributed by atoms with Crippen LogP contribution in [-0.4, -0.2) is 28.5 Å². The van der Waals surface area contributed by atoms with Crippen molar-refractivity contribution in [1.29, 1.82) is 0 Å². The number of carbonyl (C=O) groups excluding carboxylic acids is 1. The molecule has 1 amide bonds. The molecule has 0 aliphatic heterocycles. The lowest BCUT2D eigenvalue weighted by Crippen LogP contribution is -2.12. The lowest BCUT2D eigenvalue weighted by Gasteiger charge is -2.16. The van der Waals surface area contributed by atoms with Crippen LogP contribution in [0.2, 0.25) is 0 Å². The number of benzene rings is 3. The average Bonchev–Trinajstić information content (AvgIpc) is 3.37. The zero-order chi connectivity index (χ0) is 26.1. The maximum Gasteiger partial charge on any atom is 0.330 e. The highest BCUT2D eigenvalue weighted by Gasteiger charge is 2.21. The topological polar surface area (TPSA) is 82.4 Å². The van der Waals surface area contributed by atoms with Gasteiger partial charge in [0.2, 0.25) is 5.91 Å². The summed E-state index contributed by atoms with van der Waals surface area (Å²) in [6.07, 6.45) is 3.04. The average molecular weight is 518 g/mol. The number of amides is 1. The summed E-state index contributed by atoms with van der Waals surface area (Å²) < 4.78 is 25.2. The number of hydrogen-bond acceptors (Lipinski definition) is 5. The number of anilines is 1. The fraction of sp³-hybridized carbons (Fsp3) is 0.241. The first kappa shape index (κ1) is 26.6. The molecule has 0 aliphatic rings. The number of para-hydroxylation sites is 1. The Hall–Kier alpha value is -3.51. The Morgan fingerprint density at radius 3 is 2.24 bits per heavy atom. The second-order valence-electron chi connectivity index (χ2n) is 8.50. The molecule has 192 valence electrons. The van der Waals surface area contributed by atoms with Crippen LogP contribution in [-0.2, 0) is 31.4 Å². The minimum Gasteiger partial charge on any atom is -0.326 e. The molecule has 1 aromatic heterocycles. The van der Waals surface area contributed by atoms with Crippen LogP contribution in [0.15, 0.2) is 91.1 Å². The van der Waals surface area contributed by atoms with Gasteiger partial charge in [0.15, 0.2) is 0 Å². The molecule has 37 heavy (non-hydrogen) atoms. The van der Waals surface area contributed by atoms with Crippen molar-refractivity contribution in [3.05, 3.63) is 102 Å². The Bertz CT molecular complexity index is 1340. The third-order valence-electron chi connectivity index (χ3n) is 5.89. The van der Waals surface area contributed by atoms with Crippen molar-refractivity contribution < 1.29 is 18.4 Å². The molecule has 0 saturated heterocycles. The number of hydrogen-bond donors (Lipinski definition) is 1. The first-order valence-corrected chi connectivity index (χ1v) is 14.2. The van der Waals surface area contributed by atoms with Gasteiger partial charge in [-0.3, -0.25) is 9.36 Å². The van der Waals surface area contributed by atoms with Crippen molar-refractivity contribution in [3.63, 3.8) is 0 Å². The first-order chi connectivity index (χ1) is 18.0. The van der Waals surface area contributed by atoms with Crippen molar-refractivity contribution in [1.82, 2.24) is 9.78 Å². The van der Waals surface area contributed by atoms with E-state index in [1.807, 2.05) is 83.7 Å². The Morgan fingerprint density at radius 1 is 0.919 bits per heavy atom. The van der Waals surface area contributed by atoms with Crippen LogP contribution in [0, 0.1) is 0 Å². The molecule has 1 heterocycles. The van der Waals surface area contributed by atoms with Crippen LogP contribution in [0.25, 0.3) is 16.9 Å². The van der Waals surface area contributed by atoms with Crippen molar-refractivity contribution in [3.8, 4) is 16.9 Å². The number of aryl methyl sites for hydroxylation is 1. The number of carbonyl (C=O) groups is 1. The van der Waals surface area contributed by atoms with Crippen LogP contribution in [0.3, 0.4) is 0 Å². The summed E-state index contributed by atoms with van der Waals surface area (Å²) >= 11 is 0. The maximum absolute atomic E-state index is 12.7. The third-order valence-corrected chi connectivity index (χ3v) is 7.84. The Labute approximate surface area is 218 Å². The lowest BCUT2D eigenvalue weighted by atomic mass is 10.0. The SMILES string of the molecule is CCOP(=O)(CC)OCc1ccc(NC(=O)CCc2cnn(-c3ccccc3)c2-c2ccccc2)cc1. The highest BCUT2D eigenvalue weighted by Crippen LogP contribution is 2.48. The van der Waals surface area contributed by atoms with Crippen LogP contribution < -0.4 is 5.32 Å². The van der Waals surface area contributed by atoms with E-state index in [0.29, 0.717) is 31.3 Å². The van der Waals surface area contributed by atoms with Gasteiger partial charge in [0.25, 0.3) is 0 Å². The first-order valence-electron chi connectivity index (χ1n) is 12.5. The van der Waals surface area contributed by atoms with E-state index in [0.717, 1.165) is 28.1 Å². The summed E-state index contributed by atoms with van der Waals surface area (Å²) in [5, 5.41) is 7.59. The predicted molar refractivity (Wildman–Crippen MR) is 147 cm³/mol. The van der Waals surface area contributed by atoms with Gasteiger partial charge in [-0.1, -0.05) is 67.6 Å². The summed E-state index contributed by atoms with van der Waals surface area (Å²) in [6, 6.07) is 27.4. The molecule has 0 saturated carbocycles. The van der Waals surface area contributed by atoms with Crippen LogP contribution in [0.4, 0.5) is 5.69 Å². The van der Waals surface area contributed by atoms with Crippen molar-refractivity contribution >= 4 is 19.2 Å². The van der Waals surface area contributed by atoms with E-state index in [-0.39, 0.29) is 12.5 Å².